The van der Waals surface area contributed by atoms with Crippen LogP contribution in [0.25, 0.3) is 11.3 Å². The molecule has 1 aromatic carbocycles. The van der Waals surface area contributed by atoms with E-state index in [4.69, 9.17) is 0 Å². The maximum Gasteiger partial charge on any atom is 0.236 e. The Morgan fingerprint density at radius 1 is 1.32 bits per heavy atom. The van der Waals surface area contributed by atoms with E-state index < -0.39 is 0 Å². The van der Waals surface area contributed by atoms with E-state index in [1.165, 1.54) is 5.56 Å². The molecule has 0 saturated heterocycles. The van der Waals surface area contributed by atoms with E-state index in [9.17, 15) is 4.79 Å². The molecule has 2 aromatic rings. The first-order valence-corrected chi connectivity index (χ1v) is 7.58. The van der Waals surface area contributed by atoms with Crippen LogP contribution in [0.5, 0.6) is 0 Å². The van der Waals surface area contributed by atoms with Crippen molar-refractivity contribution < 1.29 is 4.79 Å². The van der Waals surface area contributed by atoms with Gasteiger partial charge in [0.15, 0.2) is 0 Å². The van der Waals surface area contributed by atoms with Crippen LogP contribution in [0.3, 0.4) is 0 Å². The van der Waals surface area contributed by atoms with E-state index in [1.807, 2.05) is 37.0 Å². The summed E-state index contributed by atoms with van der Waals surface area (Å²) < 4.78 is 1.92. The van der Waals surface area contributed by atoms with Gasteiger partial charge in [-0.2, -0.15) is 5.10 Å². The van der Waals surface area contributed by atoms with Gasteiger partial charge in [-0.05, 0) is 31.5 Å². The van der Waals surface area contributed by atoms with Gasteiger partial charge in [0.05, 0.1) is 17.9 Å². The molecular formula is C17H24N4O. The molecule has 1 aromatic heterocycles. The van der Waals surface area contributed by atoms with Crippen LogP contribution in [0.4, 0.5) is 0 Å². The van der Waals surface area contributed by atoms with Gasteiger partial charge >= 0.3 is 0 Å². The van der Waals surface area contributed by atoms with Crippen LogP contribution < -0.4 is 5.32 Å². The number of nitrogens with one attached hydrogen (secondary N) is 1. The van der Waals surface area contributed by atoms with Gasteiger partial charge in [-0.25, -0.2) is 0 Å². The highest BCUT2D eigenvalue weighted by atomic mass is 16.2. The van der Waals surface area contributed by atoms with E-state index in [1.54, 1.807) is 11.9 Å². The minimum absolute atomic E-state index is 0.119. The molecule has 1 heterocycles. The Bertz CT molecular complexity index is 606. The highest BCUT2D eigenvalue weighted by Crippen LogP contribution is 2.19. The zero-order valence-electron chi connectivity index (χ0n) is 13.5. The van der Waals surface area contributed by atoms with Gasteiger partial charge in [0.2, 0.25) is 5.91 Å². The highest BCUT2D eigenvalue weighted by molar-refractivity contribution is 5.77. The lowest BCUT2D eigenvalue weighted by Gasteiger charge is -2.16. The summed E-state index contributed by atoms with van der Waals surface area (Å²) in [5.74, 6) is 0.119. The Kier molecular flexibility index (Phi) is 5.72. The van der Waals surface area contributed by atoms with Gasteiger partial charge in [0, 0.05) is 20.6 Å². The van der Waals surface area contributed by atoms with Gasteiger partial charge < -0.3 is 10.2 Å². The fourth-order valence-corrected chi connectivity index (χ4v) is 2.44. The first kappa shape index (κ1) is 16.2. The summed E-state index contributed by atoms with van der Waals surface area (Å²) in [6.07, 6.45) is 1.79. The predicted molar refractivity (Wildman–Crippen MR) is 88.5 cm³/mol. The van der Waals surface area contributed by atoms with Crippen LogP contribution in [0, 0.1) is 0 Å². The lowest BCUT2D eigenvalue weighted by atomic mass is 10.1. The summed E-state index contributed by atoms with van der Waals surface area (Å²) in [4.78, 5) is 13.4. The standard InChI is InChI=1S/C17H24N4O/c1-18-13-17(22)20(2)11-7-10-15-12-16(21(3)19-15)14-8-5-4-6-9-14/h4-6,8-9,12,18H,7,10-11,13H2,1-3H3. The van der Waals surface area contributed by atoms with Gasteiger partial charge in [-0.15, -0.1) is 0 Å². The van der Waals surface area contributed by atoms with Crippen molar-refractivity contribution in [3.8, 4) is 11.3 Å². The van der Waals surface area contributed by atoms with Crippen LogP contribution in [0.1, 0.15) is 12.1 Å². The number of hydrogen-bond donors (Lipinski definition) is 1. The maximum atomic E-state index is 11.7. The molecule has 0 saturated carbocycles. The number of amides is 1. The van der Waals surface area contributed by atoms with Crippen LogP contribution >= 0.6 is 0 Å². The molecule has 0 bridgehead atoms. The van der Waals surface area contributed by atoms with Gasteiger partial charge in [-0.3, -0.25) is 9.48 Å². The molecular weight excluding hydrogens is 276 g/mol. The molecule has 5 heteroatoms. The number of hydrogen-bond acceptors (Lipinski definition) is 3. The fourth-order valence-electron chi connectivity index (χ4n) is 2.44. The second-order valence-electron chi connectivity index (χ2n) is 5.46. The summed E-state index contributed by atoms with van der Waals surface area (Å²) in [7, 11) is 5.59. The third kappa shape index (κ3) is 4.18. The first-order chi connectivity index (χ1) is 10.6. The summed E-state index contributed by atoms with van der Waals surface area (Å²) >= 11 is 0. The van der Waals surface area contributed by atoms with Crippen molar-refractivity contribution in [3.05, 3.63) is 42.1 Å². The van der Waals surface area contributed by atoms with Crippen LogP contribution in [0.15, 0.2) is 36.4 Å². The monoisotopic (exact) mass is 300 g/mol. The lowest BCUT2D eigenvalue weighted by Crippen LogP contribution is -2.34. The van der Waals surface area contributed by atoms with Crippen molar-refractivity contribution in [2.24, 2.45) is 7.05 Å². The molecule has 0 aliphatic heterocycles. The molecule has 2 rings (SSSR count). The Morgan fingerprint density at radius 2 is 2.05 bits per heavy atom. The molecule has 1 amide bonds. The van der Waals surface area contributed by atoms with E-state index >= 15 is 0 Å². The summed E-state index contributed by atoms with van der Waals surface area (Å²) in [5, 5.41) is 7.44. The Morgan fingerprint density at radius 3 is 2.73 bits per heavy atom. The summed E-state index contributed by atoms with van der Waals surface area (Å²) in [6.45, 7) is 1.13. The number of carbonyl (C=O) groups excluding carboxylic acids is 1. The molecule has 22 heavy (non-hydrogen) atoms. The van der Waals surface area contributed by atoms with Crippen molar-refractivity contribution in [2.75, 3.05) is 27.2 Å². The van der Waals surface area contributed by atoms with Crippen molar-refractivity contribution in [1.29, 1.82) is 0 Å². The topological polar surface area (TPSA) is 50.2 Å². The second-order valence-corrected chi connectivity index (χ2v) is 5.46. The van der Waals surface area contributed by atoms with Crippen molar-refractivity contribution in [2.45, 2.75) is 12.8 Å². The van der Waals surface area contributed by atoms with Gasteiger partial charge in [0.25, 0.3) is 0 Å². The third-order valence-corrected chi connectivity index (χ3v) is 3.68. The second kappa shape index (κ2) is 7.75. The molecule has 118 valence electrons. The third-order valence-electron chi connectivity index (χ3n) is 3.68. The zero-order valence-corrected chi connectivity index (χ0v) is 13.5. The SMILES string of the molecule is CNCC(=O)N(C)CCCc1cc(-c2ccccc2)n(C)n1. The minimum atomic E-state index is 0.119. The molecule has 0 unspecified atom stereocenters. The normalized spacial score (nSPS) is 10.7. The largest absolute Gasteiger partial charge is 0.345 e. The number of rotatable bonds is 7. The average Bonchev–Trinajstić information content (AvgIpc) is 2.89. The Labute approximate surface area is 131 Å². The summed E-state index contributed by atoms with van der Waals surface area (Å²) in [5.41, 5.74) is 3.36. The summed E-state index contributed by atoms with van der Waals surface area (Å²) in [6, 6.07) is 12.4. The molecule has 0 aliphatic rings. The fraction of sp³-hybridized carbons (Fsp3) is 0.412. The van der Waals surface area contributed by atoms with Crippen LogP contribution in [0.2, 0.25) is 0 Å². The van der Waals surface area contributed by atoms with E-state index in [-0.39, 0.29) is 5.91 Å². The molecule has 0 atom stereocenters. The van der Waals surface area contributed by atoms with Crippen molar-refractivity contribution in [3.63, 3.8) is 0 Å². The van der Waals surface area contributed by atoms with Gasteiger partial charge in [-0.1, -0.05) is 30.3 Å². The Hall–Kier alpha value is -2.14. The maximum absolute atomic E-state index is 11.7. The molecule has 0 spiro atoms. The number of carbonyl (C=O) groups is 1. The number of benzene rings is 1. The minimum Gasteiger partial charge on any atom is -0.345 e. The van der Waals surface area contributed by atoms with Crippen molar-refractivity contribution >= 4 is 5.91 Å². The molecule has 0 fully saturated rings. The van der Waals surface area contributed by atoms with E-state index in [0.29, 0.717) is 6.54 Å². The van der Waals surface area contributed by atoms with E-state index in [0.717, 1.165) is 30.8 Å². The Balaban J connectivity index is 1.91. The highest BCUT2D eigenvalue weighted by Gasteiger charge is 2.09. The van der Waals surface area contributed by atoms with E-state index in [2.05, 4.69) is 28.6 Å². The molecule has 0 radical (unpaired) electrons. The quantitative estimate of drug-likeness (QED) is 0.847. The van der Waals surface area contributed by atoms with Crippen molar-refractivity contribution in [1.82, 2.24) is 20.0 Å². The molecule has 1 N–H and O–H groups in total. The number of likely N-dealkylation sites (N-methyl/N-ethyl adjacent to an activating group) is 2. The smallest absolute Gasteiger partial charge is 0.236 e. The lowest BCUT2D eigenvalue weighted by molar-refractivity contribution is -0.128. The van der Waals surface area contributed by atoms with Crippen LogP contribution in [-0.2, 0) is 18.3 Å². The number of aromatic nitrogens is 2. The number of aryl methyl sites for hydroxylation is 2. The first-order valence-electron chi connectivity index (χ1n) is 7.58. The molecule has 0 aliphatic carbocycles. The van der Waals surface area contributed by atoms with Gasteiger partial charge in [0.1, 0.15) is 0 Å². The zero-order chi connectivity index (χ0) is 15.9. The number of nitrogens with zero attached hydrogens (tertiary/aromatic N) is 3. The predicted octanol–water partition coefficient (Wildman–Crippen LogP) is 1.70. The average molecular weight is 300 g/mol. The molecule has 5 nitrogen and oxygen atoms in total. The van der Waals surface area contributed by atoms with Crippen LogP contribution in [-0.4, -0.2) is 47.8 Å².